The van der Waals surface area contributed by atoms with Crippen molar-refractivity contribution >= 4 is 29.1 Å². The fourth-order valence-corrected chi connectivity index (χ4v) is 3.22. The zero-order valence-corrected chi connectivity index (χ0v) is 16.5. The number of nitrogens with one attached hydrogen (secondary N) is 1. The molecule has 0 saturated carbocycles. The molecule has 0 aliphatic heterocycles. The Bertz CT molecular complexity index is 1020. The molecule has 3 rings (SSSR count). The minimum Gasteiger partial charge on any atom is -0.335 e. The molecule has 0 aliphatic rings. The second-order valence-electron chi connectivity index (χ2n) is 6.19. The molecule has 0 spiro atoms. The van der Waals surface area contributed by atoms with Crippen LogP contribution in [0.4, 0.5) is 0 Å². The van der Waals surface area contributed by atoms with E-state index in [4.69, 9.17) is 23.2 Å². The summed E-state index contributed by atoms with van der Waals surface area (Å²) in [6, 6.07) is 12.3. The van der Waals surface area contributed by atoms with E-state index in [1.807, 2.05) is 19.9 Å². The first-order chi connectivity index (χ1) is 12.9. The normalized spacial score (nSPS) is 10.8. The highest BCUT2D eigenvalue weighted by molar-refractivity contribution is 6.42. The quantitative estimate of drug-likeness (QED) is 0.684. The Hall–Kier alpha value is -2.50. The molecule has 5 nitrogen and oxygen atoms in total. The summed E-state index contributed by atoms with van der Waals surface area (Å²) in [5, 5.41) is 0.954. The number of aromatic nitrogens is 2. The predicted octanol–water partition coefficient (Wildman–Crippen LogP) is 4.44. The maximum Gasteiger partial charge on any atom is 0.330 e. The Morgan fingerprint density at radius 2 is 1.81 bits per heavy atom. The summed E-state index contributed by atoms with van der Waals surface area (Å²) < 4.78 is 1.56. The lowest BCUT2D eigenvalue weighted by Gasteiger charge is -2.21. The van der Waals surface area contributed by atoms with E-state index in [2.05, 4.69) is 4.98 Å². The lowest BCUT2D eigenvalue weighted by Crippen LogP contribution is -2.30. The minimum atomic E-state index is -0.207. The summed E-state index contributed by atoms with van der Waals surface area (Å²) >= 11 is 12.0. The van der Waals surface area contributed by atoms with Crippen LogP contribution >= 0.6 is 23.2 Å². The molecule has 0 atom stereocenters. The lowest BCUT2D eigenvalue weighted by atomic mass is 10.1. The highest BCUT2D eigenvalue weighted by Crippen LogP contribution is 2.23. The molecule has 1 aromatic heterocycles. The number of benzene rings is 2. The first-order valence-corrected chi connectivity index (χ1v) is 9.27. The Kier molecular flexibility index (Phi) is 5.73. The van der Waals surface area contributed by atoms with Crippen LogP contribution in [0.5, 0.6) is 0 Å². The van der Waals surface area contributed by atoms with Gasteiger partial charge in [-0.1, -0.05) is 29.3 Å². The van der Waals surface area contributed by atoms with Crippen molar-refractivity contribution in [3.8, 4) is 5.69 Å². The number of carbonyl (C=O) groups excluding carboxylic acids is 1. The molecule has 3 aromatic rings. The number of rotatable bonds is 5. The van der Waals surface area contributed by atoms with E-state index in [1.165, 1.54) is 0 Å². The molecule has 0 radical (unpaired) electrons. The smallest absolute Gasteiger partial charge is 0.330 e. The molecule has 1 N–H and O–H groups in total. The summed E-state index contributed by atoms with van der Waals surface area (Å²) in [7, 11) is 0. The van der Waals surface area contributed by atoms with E-state index in [0.717, 1.165) is 11.3 Å². The maximum absolute atomic E-state index is 12.9. The number of imidazole rings is 1. The maximum atomic E-state index is 12.9. The van der Waals surface area contributed by atoms with E-state index in [9.17, 15) is 9.59 Å². The van der Waals surface area contributed by atoms with Crippen molar-refractivity contribution in [2.45, 2.75) is 20.4 Å². The lowest BCUT2D eigenvalue weighted by molar-refractivity contribution is 0.0752. The minimum absolute atomic E-state index is 0.0896. The summed E-state index contributed by atoms with van der Waals surface area (Å²) in [4.78, 5) is 29.1. The van der Waals surface area contributed by atoms with Crippen molar-refractivity contribution in [2.24, 2.45) is 0 Å². The predicted molar refractivity (Wildman–Crippen MR) is 108 cm³/mol. The van der Waals surface area contributed by atoms with Gasteiger partial charge in [0, 0.05) is 30.5 Å². The molecule has 140 valence electrons. The standard InChI is InChI=1S/C20H19Cl2N3O2/c1-3-24(12-14-4-9-17(21)18(22)10-14)19(26)15-5-7-16(8-6-15)25-13(2)11-23-20(25)27/h4-11H,3,12H2,1-2H3,(H,23,27). The number of H-pyrrole nitrogens is 1. The van der Waals surface area contributed by atoms with Gasteiger partial charge in [0.15, 0.2) is 0 Å². The van der Waals surface area contributed by atoms with Gasteiger partial charge in [-0.3, -0.25) is 9.36 Å². The number of amides is 1. The number of aryl methyl sites for hydroxylation is 1. The van der Waals surface area contributed by atoms with E-state index in [1.54, 1.807) is 52.1 Å². The van der Waals surface area contributed by atoms with Crippen LogP contribution in [0.25, 0.3) is 5.69 Å². The third kappa shape index (κ3) is 4.10. The Morgan fingerprint density at radius 3 is 2.37 bits per heavy atom. The van der Waals surface area contributed by atoms with Crippen molar-refractivity contribution < 1.29 is 4.79 Å². The zero-order chi connectivity index (χ0) is 19.6. The van der Waals surface area contributed by atoms with Gasteiger partial charge < -0.3 is 9.88 Å². The number of nitrogens with zero attached hydrogens (tertiary/aromatic N) is 2. The molecule has 0 unspecified atom stereocenters. The monoisotopic (exact) mass is 403 g/mol. The zero-order valence-electron chi connectivity index (χ0n) is 15.0. The van der Waals surface area contributed by atoms with Crippen LogP contribution in [0.15, 0.2) is 53.5 Å². The third-order valence-electron chi connectivity index (χ3n) is 4.36. The molecular weight excluding hydrogens is 385 g/mol. The largest absolute Gasteiger partial charge is 0.335 e. The Balaban J connectivity index is 1.81. The van der Waals surface area contributed by atoms with Crippen LogP contribution in [0.3, 0.4) is 0 Å². The highest BCUT2D eigenvalue weighted by Gasteiger charge is 2.16. The van der Waals surface area contributed by atoms with Crippen LogP contribution in [-0.4, -0.2) is 26.9 Å². The van der Waals surface area contributed by atoms with Crippen LogP contribution in [-0.2, 0) is 6.54 Å². The van der Waals surface area contributed by atoms with Crippen molar-refractivity contribution in [3.63, 3.8) is 0 Å². The summed E-state index contributed by atoms with van der Waals surface area (Å²) in [6.07, 6.45) is 1.65. The van der Waals surface area contributed by atoms with Crippen molar-refractivity contribution in [1.29, 1.82) is 0 Å². The van der Waals surface area contributed by atoms with Gasteiger partial charge in [0.05, 0.1) is 15.7 Å². The van der Waals surface area contributed by atoms with Crippen LogP contribution in [0, 0.1) is 6.92 Å². The second-order valence-corrected chi connectivity index (χ2v) is 7.00. The molecule has 0 aliphatic carbocycles. The molecule has 27 heavy (non-hydrogen) atoms. The Labute approximate surface area is 167 Å². The second kappa shape index (κ2) is 8.03. The van der Waals surface area contributed by atoms with Crippen molar-refractivity contribution in [3.05, 3.63) is 86.0 Å². The number of hydrogen-bond acceptors (Lipinski definition) is 2. The van der Waals surface area contributed by atoms with E-state index in [-0.39, 0.29) is 11.6 Å². The Morgan fingerprint density at radius 1 is 1.11 bits per heavy atom. The third-order valence-corrected chi connectivity index (χ3v) is 5.10. The summed E-state index contributed by atoms with van der Waals surface area (Å²) in [6.45, 7) is 4.75. The van der Waals surface area contributed by atoms with Gasteiger partial charge in [-0.05, 0) is 55.8 Å². The molecule has 0 bridgehead atoms. The van der Waals surface area contributed by atoms with Gasteiger partial charge in [-0.25, -0.2) is 4.79 Å². The molecule has 7 heteroatoms. The SMILES string of the molecule is CCN(Cc1ccc(Cl)c(Cl)c1)C(=O)c1ccc(-n2c(C)c[nH]c2=O)cc1. The fourth-order valence-electron chi connectivity index (χ4n) is 2.90. The van der Waals surface area contributed by atoms with Gasteiger partial charge in [0.2, 0.25) is 0 Å². The molecule has 1 amide bonds. The first-order valence-electron chi connectivity index (χ1n) is 8.51. The number of hydrogen-bond donors (Lipinski definition) is 1. The average molecular weight is 404 g/mol. The molecule has 0 saturated heterocycles. The fraction of sp³-hybridized carbons (Fsp3) is 0.200. The van der Waals surface area contributed by atoms with Gasteiger partial charge in [0.1, 0.15) is 0 Å². The van der Waals surface area contributed by atoms with Crippen molar-refractivity contribution in [2.75, 3.05) is 6.54 Å². The highest BCUT2D eigenvalue weighted by atomic mass is 35.5. The van der Waals surface area contributed by atoms with E-state index in [0.29, 0.717) is 34.4 Å². The van der Waals surface area contributed by atoms with Gasteiger partial charge in [-0.2, -0.15) is 0 Å². The molecule has 0 fully saturated rings. The molecular formula is C20H19Cl2N3O2. The molecule has 1 heterocycles. The van der Waals surface area contributed by atoms with Crippen LogP contribution in [0.2, 0.25) is 10.0 Å². The van der Waals surface area contributed by atoms with Crippen LogP contribution in [0.1, 0.15) is 28.5 Å². The van der Waals surface area contributed by atoms with Crippen molar-refractivity contribution in [1.82, 2.24) is 14.5 Å². The number of halogens is 2. The summed E-state index contributed by atoms with van der Waals surface area (Å²) in [5.74, 6) is -0.0896. The van der Waals surface area contributed by atoms with Gasteiger partial charge in [-0.15, -0.1) is 0 Å². The van der Waals surface area contributed by atoms with Gasteiger partial charge in [0.25, 0.3) is 5.91 Å². The first kappa shape index (κ1) is 19.3. The van der Waals surface area contributed by atoms with Gasteiger partial charge >= 0.3 is 5.69 Å². The molecule has 2 aromatic carbocycles. The number of aromatic amines is 1. The summed E-state index contributed by atoms with van der Waals surface area (Å²) in [5.41, 5.74) is 2.77. The van der Waals surface area contributed by atoms with E-state index >= 15 is 0 Å². The average Bonchev–Trinajstić information content (AvgIpc) is 3.00. The van der Waals surface area contributed by atoms with Crippen LogP contribution < -0.4 is 5.69 Å². The number of carbonyl (C=O) groups is 1. The topological polar surface area (TPSA) is 58.1 Å². The van der Waals surface area contributed by atoms with E-state index < -0.39 is 0 Å².